The van der Waals surface area contributed by atoms with Gasteiger partial charge in [-0.2, -0.15) is 4.98 Å². The molecule has 3 rings (SSSR count). The lowest BCUT2D eigenvalue weighted by Crippen LogP contribution is -2.06. The average molecular weight is 322 g/mol. The molecule has 4 nitrogen and oxygen atoms in total. The Bertz CT molecular complexity index is 786. The van der Waals surface area contributed by atoms with E-state index in [0.29, 0.717) is 34.6 Å². The maximum Gasteiger partial charge on any atom is 0.241 e. The number of nitrogens with two attached hydrogens (primary N) is 1. The average Bonchev–Trinajstić information content (AvgIpc) is 2.81. The van der Waals surface area contributed by atoms with Crippen molar-refractivity contribution in [2.75, 3.05) is 6.54 Å². The highest BCUT2D eigenvalue weighted by Gasteiger charge is 2.15. The van der Waals surface area contributed by atoms with Gasteiger partial charge >= 0.3 is 0 Å². The molecule has 108 valence electrons. The van der Waals surface area contributed by atoms with Gasteiger partial charge in [0.2, 0.25) is 5.88 Å². The third kappa shape index (κ3) is 2.83. The van der Waals surface area contributed by atoms with Crippen LogP contribution in [0.4, 0.5) is 0 Å². The predicted molar refractivity (Wildman–Crippen MR) is 84.5 cm³/mol. The molecule has 3 aromatic rings. The van der Waals surface area contributed by atoms with Gasteiger partial charge in [0.15, 0.2) is 0 Å². The Labute approximate surface area is 132 Å². The van der Waals surface area contributed by atoms with Crippen molar-refractivity contribution in [2.24, 2.45) is 5.73 Å². The van der Waals surface area contributed by atoms with Crippen molar-refractivity contribution in [2.45, 2.75) is 6.42 Å². The number of benzene rings is 1. The molecule has 0 radical (unpaired) electrons. The Morgan fingerprint density at radius 2 is 2.05 bits per heavy atom. The lowest BCUT2D eigenvalue weighted by molar-refractivity contribution is 0.459. The predicted octanol–water partition coefficient (Wildman–Crippen LogP) is 3.93. The van der Waals surface area contributed by atoms with Crippen LogP contribution >= 0.6 is 23.2 Å². The second kappa shape index (κ2) is 5.93. The Morgan fingerprint density at radius 3 is 2.86 bits per heavy atom. The van der Waals surface area contributed by atoms with Crippen LogP contribution in [0.1, 0.15) is 5.69 Å². The molecule has 0 aliphatic heterocycles. The summed E-state index contributed by atoms with van der Waals surface area (Å²) >= 11 is 12.1. The minimum absolute atomic E-state index is 0.478. The highest BCUT2D eigenvalue weighted by molar-refractivity contribution is 6.34. The number of hydrogen-bond donors (Lipinski definition) is 1. The first-order valence-electron chi connectivity index (χ1n) is 6.48. The number of nitrogens with zero attached hydrogens (tertiary/aromatic N) is 2. The molecule has 0 saturated heterocycles. The van der Waals surface area contributed by atoms with Crippen molar-refractivity contribution in [3.8, 4) is 11.6 Å². The van der Waals surface area contributed by atoms with Crippen molar-refractivity contribution >= 4 is 28.8 Å². The summed E-state index contributed by atoms with van der Waals surface area (Å²) in [5.74, 6) is 0.974. The minimum Gasteiger partial charge on any atom is -0.436 e. The highest BCUT2D eigenvalue weighted by atomic mass is 35.5. The minimum atomic E-state index is 0.478. The van der Waals surface area contributed by atoms with Crippen LogP contribution in [-0.4, -0.2) is 15.9 Å². The Balaban J connectivity index is 2.07. The largest absolute Gasteiger partial charge is 0.436 e. The van der Waals surface area contributed by atoms with Gasteiger partial charge in [0, 0.05) is 23.7 Å². The first-order chi connectivity index (χ1) is 10.2. The molecule has 0 bridgehead atoms. The number of aromatic nitrogens is 2. The van der Waals surface area contributed by atoms with E-state index in [-0.39, 0.29) is 0 Å². The fraction of sp³-hybridized carbons (Fsp3) is 0.133. The summed E-state index contributed by atoms with van der Waals surface area (Å²) in [4.78, 5) is 4.48. The summed E-state index contributed by atoms with van der Waals surface area (Å²) in [5, 5.41) is 1.04. The lowest BCUT2D eigenvalue weighted by atomic mass is 10.3. The highest BCUT2D eigenvalue weighted by Crippen LogP contribution is 2.33. The molecule has 21 heavy (non-hydrogen) atoms. The molecule has 0 unspecified atom stereocenters. The quantitative estimate of drug-likeness (QED) is 0.792. The van der Waals surface area contributed by atoms with Crippen LogP contribution in [0.2, 0.25) is 10.0 Å². The molecule has 0 saturated carbocycles. The summed E-state index contributed by atoms with van der Waals surface area (Å²) < 4.78 is 7.81. The van der Waals surface area contributed by atoms with Crippen molar-refractivity contribution in [3.05, 3.63) is 58.3 Å². The van der Waals surface area contributed by atoms with E-state index in [0.717, 1.165) is 11.3 Å². The second-order valence-corrected chi connectivity index (χ2v) is 5.35. The van der Waals surface area contributed by atoms with Crippen molar-refractivity contribution < 1.29 is 4.74 Å². The third-order valence-corrected chi connectivity index (χ3v) is 3.62. The summed E-state index contributed by atoms with van der Waals surface area (Å²) in [6, 6.07) is 10.8. The zero-order valence-electron chi connectivity index (χ0n) is 11.1. The van der Waals surface area contributed by atoms with E-state index in [2.05, 4.69) is 4.98 Å². The Hall–Kier alpha value is -1.75. The van der Waals surface area contributed by atoms with E-state index in [4.69, 9.17) is 33.7 Å². The summed E-state index contributed by atoms with van der Waals surface area (Å²) in [6.07, 6.45) is 2.58. The third-order valence-electron chi connectivity index (χ3n) is 3.07. The molecule has 2 heterocycles. The monoisotopic (exact) mass is 321 g/mol. The van der Waals surface area contributed by atoms with Gasteiger partial charge in [-0.05, 0) is 30.8 Å². The molecule has 0 amide bonds. The lowest BCUT2D eigenvalue weighted by Gasteiger charge is -2.07. The van der Waals surface area contributed by atoms with E-state index in [9.17, 15) is 0 Å². The van der Waals surface area contributed by atoms with E-state index in [1.54, 1.807) is 18.2 Å². The van der Waals surface area contributed by atoms with Gasteiger partial charge in [-0.1, -0.05) is 29.3 Å². The van der Waals surface area contributed by atoms with Gasteiger partial charge in [-0.25, -0.2) is 0 Å². The smallest absolute Gasteiger partial charge is 0.241 e. The molecule has 0 aliphatic carbocycles. The maximum atomic E-state index is 6.13. The number of pyridine rings is 1. The van der Waals surface area contributed by atoms with Gasteiger partial charge in [0.05, 0.1) is 10.7 Å². The molecule has 2 aromatic heterocycles. The maximum absolute atomic E-state index is 6.13. The first kappa shape index (κ1) is 14.2. The topological polar surface area (TPSA) is 52.5 Å². The van der Waals surface area contributed by atoms with Crippen molar-refractivity contribution in [1.82, 2.24) is 9.38 Å². The van der Waals surface area contributed by atoms with Crippen LogP contribution in [0.15, 0.2) is 42.6 Å². The molecule has 6 heteroatoms. The van der Waals surface area contributed by atoms with E-state index < -0.39 is 0 Å². The molecule has 1 aromatic carbocycles. The van der Waals surface area contributed by atoms with E-state index in [1.807, 2.05) is 28.8 Å². The fourth-order valence-corrected chi connectivity index (χ4v) is 2.45. The van der Waals surface area contributed by atoms with Crippen LogP contribution in [-0.2, 0) is 6.42 Å². The van der Waals surface area contributed by atoms with Gasteiger partial charge in [0.25, 0.3) is 0 Å². The van der Waals surface area contributed by atoms with Gasteiger partial charge in [-0.3, -0.25) is 0 Å². The summed E-state index contributed by atoms with van der Waals surface area (Å²) in [6.45, 7) is 0.502. The zero-order valence-corrected chi connectivity index (χ0v) is 12.6. The Morgan fingerprint density at radius 1 is 1.19 bits per heavy atom. The van der Waals surface area contributed by atoms with E-state index >= 15 is 0 Å². The molecule has 2 N–H and O–H groups in total. The van der Waals surface area contributed by atoms with Crippen LogP contribution in [0.3, 0.4) is 0 Å². The number of imidazole rings is 1. The van der Waals surface area contributed by atoms with Crippen LogP contribution < -0.4 is 10.5 Å². The van der Waals surface area contributed by atoms with Crippen molar-refractivity contribution in [1.29, 1.82) is 0 Å². The normalized spacial score (nSPS) is 11.0. The van der Waals surface area contributed by atoms with Gasteiger partial charge in [0.1, 0.15) is 11.4 Å². The number of ether oxygens (including phenoxy) is 1. The first-order valence-corrected chi connectivity index (χ1v) is 7.23. The fourth-order valence-electron chi connectivity index (χ4n) is 2.13. The molecule has 0 fully saturated rings. The number of halogens is 2. The summed E-state index contributed by atoms with van der Waals surface area (Å²) in [7, 11) is 0. The number of fused-ring (bicyclic) bond motifs is 1. The van der Waals surface area contributed by atoms with Gasteiger partial charge in [-0.15, -0.1) is 0 Å². The Kier molecular flexibility index (Phi) is 4.01. The van der Waals surface area contributed by atoms with Crippen LogP contribution in [0.5, 0.6) is 11.6 Å². The summed E-state index contributed by atoms with van der Waals surface area (Å²) in [5.41, 5.74) is 7.39. The van der Waals surface area contributed by atoms with E-state index in [1.165, 1.54) is 0 Å². The van der Waals surface area contributed by atoms with Gasteiger partial charge < -0.3 is 14.9 Å². The molecular weight excluding hydrogens is 309 g/mol. The van der Waals surface area contributed by atoms with Crippen LogP contribution in [0.25, 0.3) is 5.65 Å². The second-order valence-electron chi connectivity index (χ2n) is 4.51. The number of hydrogen-bond acceptors (Lipinski definition) is 3. The molecule has 0 atom stereocenters. The molecular formula is C15H13Cl2N3O. The SMILES string of the molecule is NCCc1c(Oc2cc(Cl)ccc2Cl)nc2ccccn12. The zero-order chi connectivity index (χ0) is 14.8. The standard InChI is InChI=1S/C15H13Cl2N3O/c16-10-4-5-11(17)13(9-10)21-15-12(6-7-18)20-8-2-1-3-14(20)19-15/h1-5,8-9H,6-7,18H2. The van der Waals surface area contributed by atoms with Crippen molar-refractivity contribution in [3.63, 3.8) is 0 Å². The molecule has 0 aliphatic rings. The molecule has 0 spiro atoms. The number of rotatable bonds is 4. The van der Waals surface area contributed by atoms with Crippen LogP contribution in [0, 0.1) is 0 Å².